The molecule has 12 heteroatoms. The number of carbonyl (C=O) groups is 1. The van der Waals surface area contributed by atoms with Crippen molar-refractivity contribution in [2.45, 2.75) is 36.9 Å². The molecule has 10 nitrogen and oxygen atoms in total. The lowest BCUT2D eigenvalue weighted by Gasteiger charge is -2.26. The molecule has 1 aromatic heterocycles. The van der Waals surface area contributed by atoms with Crippen LogP contribution in [0.3, 0.4) is 0 Å². The molecule has 1 N–H and O–H groups in total. The number of sulfonamides is 1. The normalized spacial score (nSPS) is 15.3. The monoisotopic (exact) mass is 469 g/mol. The number of aromatic nitrogens is 3. The Morgan fingerprint density at radius 1 is 1.29 bits per heavy atom. The Kier molecular flexibility index (Phi) is 7.57. The number of morpholine rings is 1. The molecule has 0 bridgehead atoms. The number of aryl methyl sites for hydroxylation is 1. The number of benzene rings is 1. The van der Waals surface area contributed by atoms with E-state index in [4.69, 9.17) is 9.47 Å². The second-order valence-corrected chi connectivity index (χ2v) is 10.1. The predicted molar refractivity (Wildman–Crippen MR) is 117 cm³/mol. The van der Waals surface area contributed by atoms with Gasteiger partial charge in [-0.1, -0.05) is 11.8 Å². The second kappa shape index (κ2) is 9.98. The number of amides is 1. The molecular formula is C19H27N5O5S2. The van der Waals surface area contributed by atoms with Gasteiger partial charge in [-0.3, -0.25) is 4.79 Å². The Morgan fingerprint density at radius 3 is 2.61 bits per heavy atom. The number of rotatable bonds is 8. The number of carbonyl (C=O) groups excluding carboxylic acids is 1. The van der Waals surface area contributed by atoms with Crippen LogP contribution in [0.2, 0.25) is 0 Å². The molecule has 31 heavy (non-hydrogen) atoms. The SMILES string of the molecule is Cc1nnc(SCC(=O)Nc2cc(S(=O)(=O)N3CCOCC3)ccc2OC(C)C)n1C. The zero-order valence-corrected chi connectivity index (χ0v) is 19.6. The molecule has 1 aliphatic heterocycles. The first kappa shape index (κ1) is 23.5. The van der Waals surface area contributed by atoms with Crippen LogP contribution < -0.4 is 10.1 Å². The maximum absolute atomic E-state index is 13.0. The standard InChI is InChI=1S/C19H27N5O5S2/c1-13(2)29-17-6-5-15(31(26,27)24-7-9-28-10-8-24)11-16(17)20-18(25)12-30-19-22-21-14(3)23(19)4/h5-6,11,13H,7-10,12H2,1-4H3,(H,20,25). The third-order valence-corrected chi connectivity index (χ3v) is 7.50. The summed E-state index contributed by atoms with van der Waals surface area (Å²) in [4.78, 5) is 12.7. The summed E-state index contributed by atoms with van der Waals surface area (Å²) in [5.74, 6) is 0.938. The van der Waals surface area contributed by atoms with Gasteiger partial charge in [-0.25, -0.2) is 8.42 Å². The van der Waals surface area contributed by atoms with Gasteiger partial charge in [-0.05, 0) is 39.0 Å². The third kappa shape index (κ3) is 5.76. The van der Waals surface area contributed by atoms with Crippen molar-refractivity contribution in [3.8, 4) is 5.75 Å². The van der Waals surface area contributed by atoms with Gasteiger partial charge in [0.2, 0.25) is 15.9 Å². The maximum atomic E-state index is 13.0. The van der Waals surface area contributed by atoms with E-state index in [9.17, 15) is 13.2 Å². The molecule has 2 heterocycles. The Balaban J connectivity index is 1.79. The van der Waals surface area contributed by atoms with Crippen LogP contribution in [-0.4, -0.2) is 71.6 Å². The number of nitrogens with zero attached hydrogens (tertiary/aromatic N) is 4. The lowest BCUT2D eigenvalue weighted by Crippen LogP contribution is -2.40. The van der Waals surface area contributed by atoms with E-state index in [0.717, 1.165) is 5.82 Å². The summed E-state index contributed by atoms with van der Waals surface area (Å²) >= 11 is 1.24. The van der Waals surface area contributed by atoms with Crippen molar-refractivity contribution in [2.75, 3.05) is 37.4 Å². The van der Waals surface area contributed by atoms with Crippen molar-refractivity contribution in [3.63, 3.8) is 0 Å². The minimum absolute atomic E-state index is 0.0908. The number of nitrogens with one attached hydrogen (secondary N) is 1. The minimum atomic E-state index is -3.70. The van der Waals surface area contributed by atoms with Gasteiger partial charge in [0.05, 0.1) is 35.7 Å². The number of hydrogen-bond donors (Lipinski definition) is 1. The average Bonchev–Trinajstić information content (AvgIpc) is 3.06. The van der Waals surface area contributed by atoms with Gasteiger partial charge in [-0.15, -0.1) is 10.2 Å². The molecule has 3 rings (SSSR count). The second-order valence-electron chi connectivity index (χ2n) is 7.27. The molecule has 0 radical (unpaired) electrons. The van der Waals surface area contributed by atoms with E-state index < -0.39 is 10.0 Å². The fourth-order valence-corrected chi connectivity index (χ4v) is 5.08. The quantitative estimate of drug-likeness (QED) is 0.581. The van der Waals surface area contributed by atoms with Crippen molar-refractivity contribution in [1.29, 1.82) is 0 Å². The summed E-state index contributed by atoms with van der Waals surface area (Å²) in [6.07, 6.45) is -0.145. The van der Waals surface area contributed by atoms with Gasteiger partial charge in [-0.2, -0.15) is 4.31 Å². The molecule has 0 spiro atoms. The zero-order chi connectivity index (χ0) is 22.6. The molecule has 0 unspecified atom stereocenters. The molecule has 0 atom stereocenters. The van der Waals surface area contributed by atoms with Crippen LogP contribution in [0, 0.1) is 6.92 Å². The number of hydrogen-bond acceptors (Lipinski definition) is 8. The van der Waals surface area contributed by atoms with Crippen molar-refractivity contribution in [3.05, 3.63) is 24.0 Å². The van der Waals surface area contributed by atoms with E-state index in [1.807, 2.05) is 27.8 Å². The molecule has 1 fully saturated rings. The largest absolute Gasteiger partial charge is 0.489 e. The average molecular weight is 470 g/mol. The fraction of sp³-hybridized carbons (Fsp3) is 0.526. The van der Waals surface area contributed by atoms with E-state index in [-0.39, 0.29) is 22.7 Å². The minimum Gasteiger partial charge on any atom is -0.489 e. The summed E-state index contributed by atoms with van der Waals surface area (Å²) < 4.78 is 40.2. The van der Waals surface area contributed by atoms with Crippen molar-refractivity contribution in [2.24, 2.45) is 7.05 Å². The van der Waals surface area contributed by atoms with Gasteiger partial charge in [0.1, 0.15) is 11.6 Å². The molecule has 1 saturated heterocycles. The highest BCUT2D eigenvalue weighted by Gasteiger charge is 2.27. The highest BCUT2D eigenvalue weighted by Crippen LogP contribution is 2.30. The molecule has 170 valence electrons. The van der Waals surface area contributed by atoms with Crippen LogP contribution >= 0.6 is 11.8 Å². The third-order valence-electron chi connectivity index (χ3n) is 4.58. The first-order valence-corrected chi connectivity index (χ1v) is 12.3. The molecular weight excluding hydrogens is 442 g/mol. The van der Waals surface area contributed by atoms with E-state index in [2.05, 4.69) is 15.5 Å². The number of thioether (sulfide) groups is 1. The van der Waals surface area contributed by atoms with Crippen molar-refractivity contribution < 1.29 is 22.7 Å². The summed E-state index contributed by atoms with van der Waals surface area (Å²) in [6.45, 7) is 6.84. The van der Waals surface area contributed by atoms with E-state index >= 15 is 0 Å². The topological polar surface area (TPSA) is 116 Å². The van der Waals surface area contributed by atoms with Gasteiger partial charge in [0.15, 0.2) is 5.16 Å². The number of anilines is 1. The predicted octanol–water partition coefficient (Wildman–Crippen LogP) is 1.66. The van der Waals surface area contributed by atoms with Gasteiger partial charge in [0.25, 0.3) is 0 Å². The van der Waals surface area contributed by atoms with Crippen molar-refractivity contribution in [1.82, 2.24) is 19.1 Å². The van der Waals surface area contributed by atoms with Crippen molar-refractivity contribution >= 4 is 33.4 Å². The molecule has 1 amide bonds. The van der Waals surface area contributed by atoms with Gasteiger partial charge in [0, 0.05) is 20.1 Å². The highest BCUT2D eigenvalue weighted by molar-refractivity contribution is 7.99. The summed E-state index contributed by atoms with van der Waals surface area (Å²) in [6, 6.07) is 4.51. The molecule has 1 aromatic carbocycles. The molecule has 2 aromatic rings. The highest BCUT2D eigenvalue weighted by atomic mass is 32.2. The number of ether oxygens (including phenoxy) is 2. The summed E-state index contributed by atoms with van der Waals surface area (Å²) in [7, 11) is -1.88. The zero-order valence-electron chi connectivity index (χ0n) is 18.0. The lowest BCUT2D eigenvalue weighted by atomic mass is 10.3. The summed E-state index contributed by atoms with van der Waals surface area (Å²) in [5.41, 5.74) is 0.308. The Hall–Kier alpha value is -2.15. The summed E-state index contributed by atoms with van der Waals surface area (Å²) in [5, 5.41) is 11.4. The van der Waals surface area contributed by atoms with Crippen LogP contribution in [-0.2, 0) is 26.6 Å². The Bertz CT molecular complexity index is 1030. The van der Waals surface area contributed by atoms with E-state index in [1.54, 1.807) is 10.6 Å². The smallest absolute Gasteiger partial charge is 0.243 e. The molecule has 0 saturated carbocycles. The lowest BCUT2D eigenvalue weighted by molar-refractivity contribution is -0.113. The van der Waals surface area contributed by atoms with Crippen LogP contribution in [0.5, 0.6) is 5.75 Å². The molecule has 0 aliphatic carbocycles. The van der Waals surface area contributed by atoms with Gasteiger partial charge < -0.3 is 19.4 Å². The fourth-order valence-electron chi connectivity index (χ4n) is 2.89. The molecule has 1 aliphatic rings. The Morgan fingerprint density at radius 2 is 2.00 bits per heavy atom. The van der Waals surface area contributed by atoms with Crippen LogP contribution in [0.1, 0.15) is 19.7 Å². The first-order chi connectivity index (χ1) is 14.7. The van der Waals surface area contributed by atoms with E-state index in [0.29, 0.717) is 42.9 Å². The van der Waals surface area contributed by atoms with E-state index in [1.165, 1.54) is 28.2 Å². The van der Waals surface area contributed by atoms with Crippen LogP contribution in [0.15, 0.2) is 28.3 Å². The van der Waals surface area contributed by atoms with Crippen LogP contribution in [0.4, 0.5) is 5.69 Å². The van der Waals surface area contributed by atoms with Gasteiger partial charge >= 0.3 is 0 Å². The van der Waals surface area contributed by atoms with Crippen LogP contribution in [0.25, 0.3) is 0 Å². The first-order valence-electron chi connectivity index (χ1n) is 9.85. The Labute approximate surface area is 186 Å². The maximum Gasteiger partial charge on any atom is 0.243 e.